The molecule has 5 heteroatoms. The minimum absolute atomic E-state index is 0.379. The van der Waals surface area contributed by atoms with Gasteiger partial charge in [0.2, 0.25) is 0 Å². The second kappa shape index (κ2) is 8.56. The van der Waals surface area contributed by atoms with Gasteiger partial charge < -0.3 is 19.9 Å². The van der Waals surface area contributed by atoms with Gasteiger partial charge in [0.15, 0.2) is 5.96 Å². The normalized spacial score (nSPS) is 23.4. The van der Waals surface area contributed by atoms with Crippen LogP contribution in [0.15, 0.2) is 35.3 Å². The Labute approximate surface area is 152 Å². The molecule has 2 saturated heterocycles. The minimum atomic E-state index is 0.379. The molecular formula is C20H32N4O. The van der Waals surface area contributed by atoms with Crippen molar-refractivity contribution in [1.82, 2.24) is 10.2 Å². The second-order valence-corrected chi connectivity index (χ2v) is 7.22. The van der Waals surface area contributed by atoms with E-state index in [-0.39, 0.29) is 0 Å². The Morgan fingerprint density at radius 3 is 2.84 bits per heavy atom. The molecule has 2 heterocycles. The highest BCUT2D eigenvalue weighted by Crippen LogP contribution is 2.38. The molecule has 0 saturated carbocycles. The number of benzene rings is 1. The van der Waals surface area contributed by atoms with E-state index >= 15 is 0 Å². The lowest BCUT2D eigenvalue weighted by atomic mass is 9.87. The van der Waals surface area contributed by atoms with Crippen molar-refractivity contribution in [3.05, 3.63) is 30.3 Å². The van der Waals surface area contributed by atoms with Gasteiger partial charge in [0.05, 0.1) is 6.61 Å². The Kier molecular flexibility index (Phi) is 6.19. The van der Waals surface area contributed by atoms with Gasteiger partial charge in [0.1, 0.15) is 0 Å². The number of para-hydroxylation sites is 1. The first-order valence-corrected chi connectivity index (χ1v) is 9.60. The van der Waals surface area contributed by atoms with Crippen LogP contribution in [0.4, 0.5) is 5.69 Å². The van der Waals surface area contributed by atoms with Gasteiger partial charge in [0.25, 0.3) is 0 Å². The molecule has 1 aromatic carbocycles. The number of aliphatic imine (C=N–C) groups is 1. The summed E-state index contributed by atoms with van der Waals surface area (Å²) in [5.41, 5.74) is 1.68. The van der Waals surface area contributed by atoms with Crippen LogP contribution in [0, 0.1) is 5.41 Å². The molecule has 2 aliphatic heterocycles. The van der Waals surface area contributed by atoms with E-state index in [1.807, 2.05) is 7.05 Å². The van der Waals surface area contributed by atoms with Gasteiger partial charge in [-0.3, -0.25) is 4.99 Å². The summed E-state index contributed by atoms with van der Waals surface area (Å²) >= 11 is 0. The lowest BCUT2D eigenvalue weighted by molar-refractivity contribution is 0.156. The fourth-order valence-electron chi connectivity index (χ4n) is 4.00. The predicted octanol–water partition coefficient (Wildman–Crippen LogP) is 2.59. The summed E-state index contributed by atoms with van der Waals surface area (Å²) in [4.78, 5) is 9.32. The Balaban J connectivity index is 1.43. The molecule has 1 aromatic rings. The number of ether oxygens (including phenoxy) is 1. The standard InChI is InChI=1S/C20H32N4O/c1-3-23(18-8-5-4-6-9-18)13-7-12-22-19(21-2)24-14-10-20(16-24)11-15-25-17-20/h4-6,8-9H,3,7,10-17H2,1-2H3,(H,21,22). The van der Waals surface area contributed by atoms with Gasteiger partial charge in [0, 0.05) is 57.5 Å². The van der Waals surface area contributed by atoms with Crippen LogP contribution in [0.2, 0.25) is 0 Å². The Hall–Kier alpha value is -1.75. The quantitative estimate of drug-likeness (QED) is 0.489. The Morgan fingerprint density at radius 2 is 2.16 bits per heavy atom. The van der Waals surface area contributed by atoms with Crippen LogP contribution in [-0.4, -0.2) is 63.8 Å². The molecule has 3 rings (SSSR count). The summed E-state index contributed by atoms with van der Waals surface area (Å²) < 4.78 is 5.63. The number of hydrogen-bond acceptors (Lipinski definition) is 3. The second-order valence-electron chi connectivity index (χ2n) is 7.22. The highest BCUT2D eigenvalue weighted by Gasteiger charge is 2.42. The lowest BCUT2D eigenvalue weighted by Crippen LogP contribution is -2.42. The molecule has 0 amide bonds. The summed E-state index contributed by atoms with van der Waals surface area (Å²) in [7, 11) is 1.89. The molecular weight excluding hydrogens is 312 g/mol. The van der Waals surface area contributed by atoms with Crippen LogP contribution in [-0.2, 0) is 4.74 Å². The largest absolute Gasteiger partial charge is 0.381 e. The van der Waals surface area contributed by atoms with Crippen LogP contribution in [0.5, 0.6) is 0 Å². The maximum Gasteiger partial charge on any atom is 0.193 e. The number of anilines is 1. The monoisotopic (exact) mass is 344 g/mol. The van der Waals surface area contributed by atoms with Gasteiger partial charge in [-0.25, -0.2) is 0 Å². The molecule has 0 aliphatic carbocycles. The van der Waals surface area contributed by atoms with Crippen LogP contribution >= 0.6 is 0 Å². The van der Waals surface area contributed by atoms with Gasteiger partial charge >= 0.3 is 0 Å². The molecule has 1 spiro atoms. The smallest absolute Gasteiger partial charge is 0.193 e. The molecule has 1 N–H and O–H groups in total. The number of guanidine groups is 1. The average molecular weight is 345 g/mol. The summed E-state index contributed by atoms with van der Waals surface area (Å²) in [6.07, 6.45) is 3.53. The van der Waals surface area contributed by atoms with Gasteiger partial charge in [-0.15, -0.1) is 0 Å². The van der Waals surface area contributed by atoms with Crippen molar-refractivity contribution in [3.8, 4) is 0 Å². The van der Waals surface area contributed by atoms with Crippen molar-refractivity contribution in [3.63, 3.8) is 0 Å². The zero-order chi connectivity index (χ0) is 17.5. The SMILES string of the molecule is CCN(CCCNC(=NC)N1CCC2(CCOC2)C1)c1ccccc1. The summed E-state index contributed by atoms with van der Waals surface area (Å²) in [6, 6.07) is 10.6. The number of nitrogens with zero attached hydrogens (tertiary/aromatic N) is 3. The third-order valence-electron chi connectivity index (χ3n) is 5.53. The summed E-state index contributed by atoms with van der Waals surface area (Å²) in [6.45, 7) is 9.28. The van der Waals surface area contributed by atoms with Crippen LogP contribution in [0.3, 0.4) is 0 Å². The molecule has 0 aromatic heterocycles. The molecule has 2 aliphatic rings. The van der Waals surface area contributed by atoms with Gasteiger partial charge in [-0.1, -0.05) is 18.2 Å². The number of nitrogens with one attached hydrogen (secondary N) is 1. The molecule has 1 atom stereocenters. The van der Waals surface area contributed by atoms with Gasteiger partial charge in [-0.05, 0) is 38.3 Å². The van der Waals surface area contributed by atoms with Crippen LogP contribution in [0.25, 0.3) is 0 Å². The van der Waals surface area contributed by atoms with Crippen molar-refractivity contribution in [1.29, 1.82) is 0 Å². The fraction of sp³-hybridized carbons (Fsp3) is 0.650. The maximum absolute atomic E-state index is 5.63. The fourth-order valence-corrected chi connectivity index (χ4v) is 4.00. The van der Waals surface area contributed by atoms with E-state index in [2.05, 4.69) is 57.4 Å². The molecule has 25 heavy (non-hydrogen) atoms. The minimum Gasteiger partial charge on any atom is -0.381 e. The summed E-state index contributed by atoms with van der Waals surface area (Å²) in [5, 5.41) is 3.56. The zero-order valence-electron chi connectivity index (χ0n) is 15.7. The van der Waals surface area contributed by atoms with E-state index in [0.29, 0.717) is 5.41 Å². The summed E-state index contributed by atoms with van der Waals surface area (Å²) in [5.74, 6) is 1.05. The predicted molar refractivity (Wildman–Crippen MR) is 104 cm³/mol. The first-order chi connectivity index (χ1) is 12.3. The first kappa shape index (κ1) is 18.1. The van der Waals surface area contributed by atoms with Crippen molar-refractivity contribution in [2.24, 2.45) is 10.4 Å². The zero-order valence-corrected chi connectivity index (χ0v) is 15.7. The topological polar surface area (TPSA) is 40.1 Å². The van der Waals surface area contributed by atoms with E-state index in [4.69, 9.17) is 4.74 Å². The van der Waals surface area contributed by atoms with E-state index in [1.54, 1.807) is 0 Å². The third kappa shape index (κ3) is 4.46. The Bertz CT molecular complexity index is 554. The molecule has 2 fully saturated rings. The Morgan fingerprint density at radius 1 is 1.32 bits per heavy atom. The van der Waals surface area contributed by atoms with Crippen LogP contribution in [0.1, 0.15) is 26.2 Å². The molecule has 0 bridgehead atoms. The third-order valence-corrected chi connectivity index (χ3v) is 5.53. The number of rotatable bonds is 6. The van der Waals surface area contributed by atoms with E-state index in [1.165, 1.54) is 18.5 Å². The van der Waals surface area contributed by atoms with E-state index < -0.39 is 0 Å². The van der Waals surface area contributed by atoms with E-state index in [0.717, 1.165) is 58.3 Å². The maximum atomic E-state index is 5.63. The van der Waals surface area contributed by atoms with Crippen molar-refractivity contribution in [2.45, 2.75) is 26.2 Å². The van der Waals surface area contributed by atoms with Crippen molar-refractivity contribution in [2.75, 3.05) is 57.9 Å². The molecule has 0 radical (unpaired) electrons. The average Bonchev–Trinajstić information content (AvgIpc) is 3.29. The van der Waals surface area contributed by atoms with Gasteiger partial charge in [-0.2, -0.15) is 0 Å². The highest BCUT2D eigenvalue weighted by molar-refractivity contribution is 5.80. The highest BCUT2D eigenvalue weighted by atomic mass is 16.5. The molecule has 138 valence electrons. The molecule has 1 unspecified atom stereocenters. The van der Waals surface area contributed by atoms with Crippen molar-refractivity contribution >= 4 is 11.6 Å². The lowest BCUT2D eigenvalue weighted by Gasteiger charge is -2.26. The van der Waals surface area contributed by atoms with E-state index in [9.17, 15) is 0 Å². The first-order valence-electron chi connectivity index (χ1n) is 9.60. The van der Waals surface area contributed by atoms with Crippen LogP contribution < -0.4 is 10.2 Å². The number of likely N-dealkylation sites (tertiary alicyclic amines) is 1. The molecule has 5 nitrogen and oxygen atoms in total. The van der Waals surface area contributed by atoms with Crippen molar-refractivity contribution < 1.29 is 4.74 Å². The number of hydrogen-bond donors (Lipinski definition) is 1.